The summed E-state index contributed by atoms with van der Waals surface area (Å²) >= 11 is 3.43. The predicted molar refractivity (Wildman–Crippen MR) is 115 cm³/mol. The Bertz CT molecular complexity index is 1120. The number of hydrogen-bond donors (Lipinski definition) is 1. The van der Waals surface area contributed by atoms with Crippen molar-refractivity contribution in [3.63, 3.8) is 0 Å². The number of amides is 1. The van der Waals surface area contributed by atoms with Gasteiger partial charge in [-0.2, -0.15) is 5.10 Å². The summed E-state index contributed by atoms with van der Waals surface area (Å²) in [4.78, 5) is 12.6. The molecule has 1 amide bonds. The van der Waals surface area contributed by atoms with Crippen molar-refractivity contribution in [1.29, 1.82) is 0 Å². The minimum Gasteiger partial charge on any atom is -0.304 e. The third kappa shape index (κ3) is 4.60. The Morgan fingerprint density at radius 2 is 1.59 bits per heavy atom. The van der Waals surface area contributed by atoms with E-state index in [4.69, 9.17) is 0 Å². The molecule has 0 radical (unpaired) electrons. The molecule has 0 aliphatic heterocycles. The summed E-state index contributed by atoms with van der Waals surface area (Å²) in [5, 5.41) is 7.23. The molecular formula is C23H17BrFN3O. The quantitative estimate of drug-likeness (QED) is 0.421. The van der Waals surface area contributed by atoms with Gasteiger partial charge in [0.2, 0.25) is 0 Å². The van der Waals surface area contributed by atoms with E-state index < -0.39 is 0 Å². The van der Waals surface area contributed by atoms with E-state index in [2.05, 4.69) is 26.3 Å². The molecule has 4 rings (SSSR count). The van der Waals surface area contributed by atoms with E-state index in [1.165, 1.54) is 12.1 Å². The average Bonchev–Trinajstić information content (AvgIpc) is 3.09. The average molecular weight is 450 g/mol. The molecule has 0 atom stereocenters. The van der Waals surface area contributed by atoms with Crippen LogP contribution in [0.2, 0.25) is 0 Å². The number of carbonyl (C=O) groups is 1. The molecule has 144 valence electrons. The molecule has 0 bridgehead atoms. The molecular weight excluding hydrogens is 433 g/mol. The summed E-state index contributed by atoms with van der Waals surface area (Å²) in [5.74, 6) is -0.0803. The van der Waals surface area contributed by atoms with Crippen LogP contribution in [-0.2, 0) is 6.54 Å². The van der Waals surface area contributed by atoms with Crippen molar-refractivity contribution >= 4 is 27.7 Å². The lowest BCUT2D eigenvalue weighted by atomic mass is 10.0. The molecule has 1 heterocycles. The zero-order valence-corrected chi connectivity index (χ0v) is 16.9. The first kappa shape index (κ1) is 19.1. The maximum atomic E-state index is 13.0. The predicted octanol–water partition coefficient (Wildman–Crippen LogP) is 5.75. The van der Waals surface area contributed by atoms with Crippen LogP contribution < -0.4 is 5.32 Å². The molecule has 1 N–H and O–H groups in total. The fraction of sp³-hybridized carbons (Fsp3) is 0.0435. The maximum absolute atomic E-state index is 13.0. The van der Waals surface area contributed by atoms with Gasteiger partial charge >= 0.3 is 0 Å². The zero-order chi connectivity index (χ0) is 20.2. The smallest absolute Gasteiger partial charge is 0.256 e. The van der Waals surface area contributed by atoms with E-state index in [1.54, 1.807) is 35.1 Å². The molecule has 4 aromatic rings. The second-order valence-corrected chi connectivity index (χ2v) is 7.40. The molecule has 0 saturated carbocycles. The minimum absolute atomic E-state index is 0.239. The number of benzene rings is 3. The molecule has 29 heavy (non-hydrogen) atoms. The number of halogens is 2. The standard InChI is InChI=1S/C23H17BrFN3O/c24-21-15-28(14-16-6-12-20(25)13-7-16)27-22(21)26-23(29)19-10-8-18(9-11-19)17-4-2-1-3-5-17/h1-13,15H,14H2,(H,26,27,29). The van der Waals surface area contributed by atoms with Crippen LogP contribution in [0.3, 0.4) is 0 Å². The van der Waals surface area contributed by atoms with Crippen molar-refractivity contribution in [3.05, 3.63) is 106 Å². The molecule has 0 unspecified atom stereocenters. The number of aromatic nitrogens is 2. The highest BCUT2D eigenvalue weighted by molar-refractivity contribution is 9.10. The van der Waals surface area contributed by atoms with Gasteiger partial charge in [-0.15, -0.1) is 0 Å². The van der Waals surface area contributed by atoms with E-state index in [0.717, 1.165) is 16.7 Å². The first-order chi connectivity index (χ1) is 14.1. The van der Waals surface area contributed by atoms with Gasteiger partial charge in [-0.1, -0.05) is 54.6 Å². The summed E-state index contributed by atoms with van der Waals surface area (Å²) in [6.07, 6.45) is 1.78. The number of rotatable bonds is 5. The first-order valence-electron chi connectivity index (χ1n) is 9.03. The number of hydrogen-bond acceptors (Lipinski definition) is 2. The fourth-order valence-electron chi connectivity index (χ4n) is 2.96. The van der Waals surface area contributed by atoms with Crippen molar-refractivity contribution in [2.75, 3.05) is 5.32 Å². The van der Waals surface area contributed by atoms with E-state index in [1.807, 2.05) is 42.5 Å². The van der Waals surface area contributed by atoms with Crippen LogP contribution in [0.15, 0.2) is 89.5 Å². The van der Waals surface area contributed by atoms with Gasteiger partial charge in [-0.3, -0.25) is 9.48 Å². The molecule has 0 aliphatic rings. The molecule has 4 nitrogen and oxygen atoms in total. The van der Waals surface area contributed by atoms with E-state index >= 15 is 0 Å². The van der Waals surface area contributed by atoms with Gasteiger partial charge in [-0.05, 0) is 56.9 Å². The van der Waals surface area contributed by atoms with Crippen LogP contribution in [-0.4, -0.2) is 15.7 Å². The highest BCUT2D eigenvalue weighted by Gasteiger charge is 2.12. The normalized spacial score (nSPS) is 10.7. The minimum atomic E-state index is -0.276. The van der Waals surface area contributed by atoms with Gasteiger partial charge < -0.3 is 5.32 Å². The van der Waals surface area contributed by atoms with Crippen molar-refractivity contribution in [3.8, 4) is 11.1 Å². The molecule has 0 aliphatic carbocycles. The summed E-state index contributed by atoms with van der Waals surface area (Å²) in [5.41, 5.74) is 3.61. The third-order valence-electron chi connectivity index (χ3n) is 4.46. The molecule has 6 heteroatoms. The van der Waals surface area contributed by atoms with E-state index in [9.17, 15) is 9.18 Å². The summed E-state index contributed by atoms with van der Waals surface area (Å²) in [6, 6.07) is 23.7. The van der Waals surface area contributed by atoms with Crippen LogP contribution in [0.5, 0.6) is 0 Å². The number of carbonyl (C=O) groups excluding carboxylic acids is 1. The Labute approximate surface area is 176 Å². The number of nitrogens with one attached hydrogen (secondary N) is 1. The van der Waals surface area contributed by atoms with E-state index in [-0.39, 0.29) is 11.7 Å². The molecule has 0 fully saturated rings. The second-order valence-electron chi connectivity index (χ2n) is 6.55. The molecule has 3 aromatic carbocycles. The highest BCUT2D eigenvalue weighted by atomic mass is 79.9. The Morgan fingerprint density at radius 3 is 2.28 bits per heavy atom. The topological polar surface area (TPSA) is 46.9 Å². The van der Waals surface area contributed by atoms with Crippen LogP contribution in [0, 0.1) is 5.82 Å². The Hall–Kier alpha value is -3.25. The Kier molecular flexibility index (Phi) is 5.53. The Balaban J connectivity index is 1.45. The van der Waals surface area contributed by atoms with E-state index in [0.29, 0.717) is 22.4 Å². The lowest BCUT2D eigenvalue weighted by Gasteiger charge is -2.05. The lowest BCUT2D eigenvalue weighted by molar-refractivity contribution is 0.102. The van der Waals surface area contributed by atoms with Crippen LogP contribution in [0.1, 0.15) is 15.9 Å². The first-order valence-corrected chi connectivity index (χ1v) is 9.82. The third-order valence-corrected chi connectivity index (χ3v) is 5.04. The van der Waals surface area contributed by atoms with Crippen LogP contribution in [0.25, 0.3) is 11.1 Å². The van der Waals surface area contributed by atoms with Crippen LogP contribution in [0.4, 0.5) is 10.2 Å². The number of anilines is 1. The SMILES string of the molecule is O=C(Nc1nn(Cc2ccc(F)cc2)cc1Br)c1ccc(-c2ccccc2)cc1. The van der Waals surface area contributed by atoms with Gasteiger partial charge in [0.15, 0.2) is 5.82 Å². The highest BCUT2D eigenvalue weighted by Crippen LogP contribution is 2.23. The molecule has 0 spiro atoms. The van der Waals surface area contributed by atoms with Gasteiger partial charge in [-0.25, -0.2) is 4.39 Å². The van der Waals surface area contributed by atoms with Crippen LogP contribution >= 0.6 is 15.9 Å². The lowest BCUT2D eigenvalue weighted by Crippen LogP contribution is -2.13. The van der Waals surface area contributed by atoms with Gasteiger partial charge in [0.25, 0.3) is 5.91 Å². The van der Waals surface area contributed by atoms with Crippen molar-refractivity contribution < 1.29 is 9.18 Å². The monoisotopic (exact) mass is 449 g/mol. The maximum Gasteiger partial charge on any atom is 0.256 e. The molecule has 0 saturated heterocycles. The summed E-state index contributed by atoms with van der Waals surface area (Å²) in [6.45, 7) is 0.473. The van der Waals surface area contributed by atoms with Gasteiger partial charge in [0, 0.05) is 11.8 Å². The van der Waals surface area contributed by atoms with Crippen molar-refractivity contribution in [1.82, 2.24) is 9.78 Å². The number of nitrogens with zero attached hydrogens (tertiary/aromatic N) is 2. The second kappa shape index (κ2) is 8.41. The Morgan fingerprint density at radius 1 is 0.931 bits per heavy atom. The zero-order valence-electron chi connectivity index (χ0n) is 15.3. The van der Waals surface area contributed by atoms with Gasteiger partial charge in [0.1, 0.15) is 5.82 Å². The molecule has 1 aromatic heterocycles. The largest absolute Gasteiger partial charge is 0.304 e. The van der Waals surface area contributed by atoms with Crippen molar-refractivity contribution in [2.24, 2.45) is 0 Å². The summed E-state index contributed by atoms with van der Waals surface area (Å²) in [7, 11) is 0. The fourth-order valence-corrected chi connectivity index (χ4v) is 3.38. The van der Waals surface area contributed by atoms with Gasteiger partial charge in [0.05, 0.1) is 11.0 Å². The van der Waals surface area contributed by atoms with Crippen molar-refractivity contribution in [2.45, 2.75) is 6.54 Å². The summed E-state index contributed by atoms with van der Waals surface area (Å²) < 4.78 is 15.4.